The summed E-state index contributed by atoms with van der Waals surface area (Å²) >= 11 is 0. The lowest BCUT2D eigenvalue weighted by molar-refractivity contribution is -0.148. The molecular formula is C13H21F2NO4. The topological polar surface area (TPSA) is 66.8 Å². The molecule has 1 saturated heterocycles. The van der Waals surface area contributed by atoms with Gasteiger partial charge in [-0.3, -0.25) is 9.59 Å². The van der Waals surface area contributed by atoms with Crippen LogP contribution in [0.2, 0.25) is 0 Å². The van der Waals surface area contributed by atoms with Gasteiger partial charge in [-0.25, -0.2) is 0 Å². The third-order valence-electron chi connectivity index (χ3n) is 3.47. The summed E-state index contributed by atoms with van der Waals surface area (Å²) in [6.07, 6.45) is 2.52. The first-order valence-corrected chi connectivity index (χ1v) is 6.79. The number of methoxy groups -OCH3 is 1. The van der Waals surface area contributed by atoms with Gasteiger partial charge in [0.15, 0.2) is 0 Å². The van der Waals surface area contributed by atoms with E-state index in [-0.39, 0.29) is 12.5 Å². The molecule has 20 heavy (non-hydrogen) atoms. The zero-order valence-corrected chi connectivity index (χ0v) is 11.6. The van der Waals surface area contributed by atoms with Gasteiger partial charge >= 0.3 is 11.9 Å². The first kappa shape index (κ1) is 16.8. The van der Waals surface area contributed by atoms with Crippen LogP contribution in [-0.4, -0.2) is 54.1 Å². The van der Waals surface area contributed by atoms with Crippen LogP contribution < -0.4 is 0 Å². The molecule has 1 aliphatic rings. The van der Waals surface area contributed by atoms with E-state index in [0.29, 0.717) is 19.3 Å². The number of amides is 1. The fraction of sp³-hybridized carbons (Fsp3) is 0.846. The number of ether oxygens (including phenoxy) is 1. The minimum atomic E-state index is -3.35. The minimum absolute atomic E-state index is 0.220. The van der Waals surface area contributed by atoms with E-state index < -0.39 is 30.9 Å². The Morgan fingerprint density at radius 1 is 1.40 bits per heavy atom. The van der Waals surface area contributed by atoms with Crippen LogP contribution in [0.5, 0.6) is 0 Å². The summed E-state index contributed by atoms with van der Waals surface area (Å²) in [6, 6.07) is -0.785. The number of likely N-dealkylation sites (tertiary alicyclic amines) is 1. The van der Waals surface area contributed by atoms with Crippen LogP contribution in [0.15, 0.2) is 0 Å². The molecular weight excluding hydrogens is 272 g/mol. The molecule has 0 saturated carbocycles. The molecule has 1 atom stereocenters. The van der Waals surface area contributed by atoms with Crippen LogP contribution in [0.4, 0.5) is 8.78 Å². The summed E-state index contributed by atoms with van der Waals surface area (Å²) in [5, 5.41) is 9.04. The quantitative estimate of drug-likeness (QED) is 0.542. The third-order valence-corrected chi connectivity index (χ3v) is 3.47. The van der Waals surface area contributed by atoms with Crippen molar-refractivity contribution in [1.29, 1.82) is 0 Å². The molecule has 0 radical (unpaired) electrons. The number of unbranched alkanes of at least 4 members (excludes halogenated alkanes) is 3. The van der Waals surface area contributed by atoms with Crippen molar-refractivity contribution in [3.63, 3.8) is 0 Å². The van der Waals surface area contributed by atoms with Gasteiger partial charge in [0.1, 0.15) is 0 Å². The Labute approximate surface area is 116 Å². The lowest BCUT2D eigenvalue weighted by Gasteiger charge is -2.22. The SMILES string of the molecule is COC(=O)CCCCCCN1C(=O)C(F)(F)CC1CO. The van der Waals surface area contributed by atoms with E-state index in [1.807, 2.05) is 0 Å². The van der Waals surface area contributed by atoms with Gasteiger partial charge in [-0.1, -0.05) is 12.8 Å². The number of halogens is 2. The van der Waals surface area contributed by atoms with Gasteiger partial charge in [0.25, 0.3) is 5.91 Å². The predicted molar refractivity (Wildman–Crippen MR) is 67.3 cm³/mol. The normalized spacial score (nSPS) is 21.3. The Hall–Kier alpha value is -1.24. The van der Waals surface area contributed by atoms with E-state index in [2.05, 4.69) is 4.74 Å². The van der Waals surface area contributed by atoms with Gasteiger partial charge in [0.05, 0.1) is 19.8 Å². The van der Waals surface area contributed by atoms with Crippen LogP contribution in [0, 0.1) is 0 Å². The van der Waals surface area contributed by atoms with Crippen molar-refractivity contribution in [2.24, 2.45) is 0 Å². The second-order valence-electron chi connectivity index (χ2n) is 4.98. The Bertz CT molecular complexity index is 349. The molecule has 0 aromatic carbocycles. The maximum atomic E-state index is 13.2. The van der Waals surface area contributed by atoms with E-state index in [9.17, 15) is 18.4 Å². The average Bonchev–Trinajstić information content (AvgIpc) is 2.64. The second-order valence-corrected chi connectivity index (χ2v) is 4.98. The highest BCUT2D eigenvalue weighted by Crippen LogP contribution is 2.33. The number of rotatable bonds is 8. The summed E-state index contributed by atoms with van der Waals surface area (Å²) < 4.78 is 31.0. The Morgan fingerprint density at radius 2 is 2.05 bits per heavy atom. The largest absolute Gasteiger partial charge is 0.469 e. The van der Waals surface area contributed by atoms with Gasteiger partial charge in [-0.05, 0) is 12.8 Å². The Kier molecular flexibility index (Phi) is 6.32. The van der Waals surface area contributed by atoms with Gasteiger partial charge < -0.3 is 14.7 Å². The van der Waals surface area contributed by atoms with Crippen molar-refractivity contribution >= 4 is 11.9 Å². The number of hydrogen-bond acceptors (Lipinski definition) is 4. The number of carbonyl (C=O) groups is 2. The fourth-order valence-electron chi connectivity index (χ4n) is 2.32. The number of esters is 1. The van der Waals surface area contributed by atoms with Crippen molar-refractivity contribution in [1.82, 2.24) is 4.90 Å². The van der Waals surface area contributed by atoms with Gasteiger partial charge in [0.2, 0.25) is 0 Å². The van der Waals surface area contributed by atoms with Crippen molar-refractivity contribution < 1.29 is 28.2 Å². The molecule has 0 spiro atoms. The van der Waals surface area contributed by atoms with Crippen LogP contribution in [0.1, 0.15) is 38.5 Å². The highest BCUT2D eigenvalue weighted by atomic mass is 19.3. The average molecular weight is 293 g/mol. The number of carbonyl (C=O) groups excluding carboxylic acids is 2. The standard InChI is InChI=1S/C13H21F2NO4/c1-20-11(18)6-4-2-3-5-7-16-10(9-17)8-13(14,15)12(16)19/h10,17H,2-9H2,1H3. The third kappa shape index (κ3) is 4.40. The number of aliphatic hydroxyl groups is 1. The molecule has 1 heterocycles. The number of aliphatic hydroxyl groups excluding tert-OH is 1. The molecule has 1 amide bonds. The molecule has 1 aliphatic heterocycles. The summed E-state index contributed by atoms with van der Waals surface area (Å²) in [5.41, 5.74) is 0. The van der Waals surface area contributed by atoms with E-state index in [1.54, 1.807) is 0 Å². The molecule has 1 unspecified atom stereocenters. The predicted octanol–water partition coefficient (Wildman–Crippen LogP) is 1.34. The molecule has 0 bridgehead atoms. The zero-order valence-electron chi connectivity index (χ0n) is 11.6. The van der Waals surface area contributed by atoms with E-state index in [0.717, 1.165) is 17.7 Å². The molecule has 1 fully saturated rings. The first-order chi connectivity index (χ1) is 9.42. The van der Waals surface area contributed by atoms with Crippen molar-refractivity contribution in [2.75, 3.05) is 20.3 Å². The van der Waals surface area contributed by atoms with Gasteiger partial charge in [-0.15, -0.1) is 0 Å². The van der Waals surface area contributed by atoms with Crippen molar-refractivity contribution in [3.8, 4) is 0 Å². The lowest BCUT2D eigenvalue weighted by Crippen LogP contribution is -2.38. The number of nitrogens with zero attached hydrogens (tertiary/aromatic N) is 1. The van der Waals surface area contributed by atoms with Crippen LogP contribution in [0.25, 0.3) is 0 Å². The Morgan fingerprint density at radius 3 is 2.65 bits per heavy atom. The molecule has 116 valence electrons. The maximum absolute atomic E-state index is 13.2. The molecule has 0 aliphatic carbocycles. The number of alkyl halides is 2. The van der Waals surface area contributed by atoms with E-state index in [1.165, 1.54) is 7.11 Å². The van der Waals surface area contributed by atoms with Gasteiger partial charge in [-0.2, -0.15) is 8.78 Å². The molecule has 0 aromatic heterocycles. The number of hydrogen-bond donors (Lipinski definition) is 1. The van der Waals surface area contributed by atoms with Crippen molar-refractivity contribution in [3.05, 3.63) is 0 Å². The lowest BCUT2D eigenvalue weighted by atomic mass is 10.1. The van der Waals surface area contributed by atoms with Gasteiger partial charge in [0, 0.05) is 19.4 Å². The molecule has 1 N–H and O–H groups in total. The second kappa shape index (κ2) is 7.52. The highest BCUT2D eigenvalue weighted by Gasteiger charge is 2.52. The summed E-state index contributed by atoms with van der Waals surface area (Å²) in [5.74, 6) is -4.80. The van der Waals surface area contributed by atoms with Crippen LogP contribution in [-0.2, 0) is 14.3 Å². The summed E-state index contributed by atoms with van der Waals surface area (Å²) in [7, 11) is 1.33. The monoisotopic (exact) mass is 293 g/mol. The smallest absolute Gasteiger partial charge is 0.326 e. The maximum Gasteiger partial charge on any atom is 0.326 e. The molecule has 0 aromatic rings. The molecule has 1 rings (SSSR count). The molecule has 5 nitrogen and oxygen atoms in total. The summed E-state index contributed by atoms with van der Waals surface area (Å²) in [6.45, 7) is -0.221. The van der Waals surface area contributed by atoms with Crippen molar-refractivity contribution in [2.45, 2.75) is 50.5 Å². The van der Waals surface area contributed by atoms with E-state index in [4.69, 9.17) is 5.11 Å². The van der Waals surface area contributed by atoms with Crippen LogP contribution >= 0.6 is 0 Å². The first-order valence-electron chi connectivity index (χ1n) is 6.79. The minimum Gasteiger partial charge on any atom is -0.469 e. The summed E-state index contributed by atoms with van der Waals surface area (Å²) in [4.78, 5) is 23.4. The molecule has 7 heteroatoms. The fourth-order valence-corrected chi connectivity index (χ4v) is 2.32. The van der Waals surface area contributed by atoms with E-state index >= 15 is 0 Å². The van der Waals surface area contributed by atoms with Crippen LogP contribution in [0.3, 0.4) is 0 Å². The Balaban J connectivity index is 2.24. The highest BCUT2D eigenvalue weighted by molar-refractivity contribution is 5.86. The zero-order chi connectivity index (χ0) is 15.2.